The van der Waals surface area contributed by atoms with Gasteiger partial charge >= 0.3 is 0 Å². The van der Waals surface area contributed by atoms with E-state index in [0.29, 0.717) is 23.6 Å². The van der Waals surface area contributed by atoms with Crippen LogP contribution < -0.4 is 10.6 Å². The second-order valence-electron chi connectivity index (χ2n) is 7.81. The number of nitrogens with zero attached hydrogens (tertiary/aromatic N) is 2. The van der Waals surface area contributed by atoms with Gasteiger partial charge in [0, 0.05) is 35.6 Å². The largest absolute Gasteiger partial charge is 0.351 e. The summed E-state index contributed by atoms with van der Waals surface area (Å²) in [5.74, 6) is 0.731. The van der Waals surface area contributed by atoms with Crippen LogP contribution >= 0.6 is 0 Å². The Morgan fingerprint density at radius 1 is 0.778 bits per heavy atom. The van der Waals surface area contributed by atoms with Crippen LogP contribution in [0.3, 0.4) is 0 Å². The second-order valence-corrected chi connectivity index (χ2v) is 7.81. The number of amides is 1. The molecule has 0 aliphatic heterocycles. The van der Waals surface area contributed by atoms with E-state index in [-0.39, 0.29) is 5.91 Å². The Balaban J connectivity index is 1.37. The quantitative estimate of drug-likeness (QED) is 0.816. The number of hydrogen-bond acceptors (Lipinski definition) is 4. The molecule has 5 heteroatoms. The SMILES string of the molecule is O=C(NC1CCCC1)c1ccc(-c2cnc(NC3CCCCC3)nc2)cc1. The number of carbonyl (C=O) groups is 1. The molecule has 142 valence electrons. The van der Waals surface area contributed by atoms with Crippen LogP contribution in [0.15, 0.2) is 36.7 Å². The average Bonchev–Trinajstić information content (AvgIpc) is 3.22. The van der Waals surface area contributed by atoms with E-state index in [1.807, 2.05) is 36.7 Å². The molecule has 4 rings (SSSR count). The van der Waals surface area contributed by atoms with E-state index >= 15 is 0 Å². The molecule has 5 nitrogen and oxygen atoms in total. The van der Waals surface area contributed by atoms with Crippen molar-refractivity contribution in [3.05, 3.63) is 42.2 Å². The van der Waals surface area contributed by atoms with E-state index in [1.165, 1.54) is 44.9 Å². The van der Waals surface area contributed by atoms with Gasteiger partial charge in [-0.15, -0.1) is 0 Å². The van der Waals surface area contributed by atoms with Gasteiger partial charge in [-0.1, -0.05) is 44.2 Å². The molecular weight excluding hydrogens is 336 g/mol. The second kappa shape index (κ2) is 8.51. The summed E-state index contributed by atoms with van der Waals surface area (Å²) >= 11 is 0. The lowest BCUT2D eigenvalue weighted by molar-refractivity contribution is 0.0938. The third kappa shape index (κ3) is 4.65. The summed E-state index contributed by atoms with van der Waals surface area (Å²) in [4.78, 5) is 21.3. The number of benzene rings is 1. The highest BCUT2D eigenvalue weighted by Gasteiger charge is 2.18. The number of nitrogens with one attached hydrogen (secondary N) is 2. The monoisotopic (exact) mass is 364 g/mol. The molecule has 27 heavy (non-hydrogen) atoms. The molecule has 0 unspecified atom stereocenters. The topological polar surface area (TPSA) is 66.9 Å². The van der Waals surface area contributed by atoms with E-state index in [1.54, 1.807) is 0 Å². The van der Waals surface area contributed by atoms with Gasteiger partial charge in [-0.25, -0.2) is 9.97 Å². The summed E-state index contributed by atoms with van der Waals surface area (Å²) in [5, 5.41) is 6.57. The van der Waals surface area contributed by atoms with Gasteiger partial charge in [0.2, 0.25) is 5.95 Å². The molecule has 2 saturated carbocycles. The lowest BCUT2D eigenvalue weighted by Crippen LogP contribution is -2.32. The number of carbonyl (C=O) groups excluding carboxylic acids is 1. The predicted molar refractivity (Wildman–Crippen MR) is 108 cm³/mol. The molecule has 1 aromatic carbocycles. The van der Waals surface area contributed by atoms with Crippen LogP contribution in [0.25, 0.3) is 11.1 Å². The summed E-state index contributed by atoms with van der Waals surface area (Å²) < 4.78 is 0. The van der Waals surface area contributed by atoms with Crippen LogP contribution in [0, 0.1) is 0 Å². The number of rotatable bonds is 5. The van der Waals surface area contributed by atoms with Crippen molar-refractivity contribution < 1.29 is 4.79 Å². The number of hydrogen-bond donors (Lipinski definition) is 2. The van der Waals surface area contributed by atoms with E-state index in [2.05, 4.69) is 20.6 Å². The molecular formula is C22H28N4O. The van der Waals surface area contributed by atoms with E-state index in [4.69, 9.17) is 0 Å². The molecule has 2 fully saturated rings. The predicted octanol–water partition coefficient (Wildman–Crippen LogP) is 4.56. The van der Waals surface area contributed by atoms with Gasteiger partial charge < -0.3 is 10.6 Å². The van der Waals surface area contributed by atoms with Crippen molar-refractivity contribution in [3.8, 4) is 11.1 Å². The Morgan fingerprint density at radius 3 is 2.04 bits per heavy atom. The third-order valence-corrected chi connectivity index (χ3v) is 5.76. The van der Waals surface area contributed by atoms with Crippen molar-refractivity contribution in [1.29, 1.82) is 0 Å². The molecule has 2 aliphatic carbocycles. The summed E-state index contributed by atoms with van der Waals surface area (Å²) in [5.41, 5.74) is 2.70. The molecule has 0 spiro atoms. The third-order valence-electron chi connectivity index (χ3n) is 5.76. The molecule has 0 bridgehead atoms. The molecule has 1 heterocycles. The van der Waals surface area contributed by atoms with Crippen LogP contribution in [0.4, 0.5) is 5.95 Å². The fraction of sp³-hybridized carbons (Fsp3) is 0.500. The Hall–Kier alpha value is -2.43. The van der Waals surface area contributed by atoms with Crippen molar-refractivity contribution in [3.63, 3.8) is 0 Å². The average molecular weight is 364 g/mol. The normalized spacial score (nSPS) is 18.4. The lowest BCUT2D eigenvalue weighted by Gasteiger charge is -2.22. The van der Waals surface area contributed by atoms with E-state index in [9.17, 15) is 4.79 Å². The zero-order valence-corrected chi connectivity index (χ0v) is 15.8. The van der Waals surface area contributed by atoms with Gasteiger partial charge in [-0.3, -0.25) is 4.79 Å². The van der Waals surface area contributed by atoms with Crippen LogP contribution in [0.1, 0.15) is 68.1 Å². The van der Waals surface area contributed by atoms with Crippen molar-refractivity contribution in [2.75, 3.05) is 5.32 Å². The minimum Gasteiger partial charge on any atom is -0.351 e. The highest BCUT2D eigenvalue weighted by molar-refractivity contribution is 5.94. The van der Waals surface area contributed by atoms with Crippen molar-refractivity contribution in [1.82, 2.24) is 15.3 Å². The molecule has 1 amide bonds. The highest BCUT2D eigenvalue weighted by atomic mass is 16.1. The molecule has 0 atom stereocenters. The maximum atomic E-state index is 12.3. The molecule has 2 aromatic rings. The fourth-order valence-corrected chi connectivity index (χ4v) is 4.13. The lowest BCUT2D eigenvalue weighted by atomic mass is 9.96. The molecule has 2 aliphatic rings. The number of anilines is 1. The highest BCUT2D eigenvalue weighted by Crippen LogP contribution is 2.23. The van der Waals surface area contributed by atoms with Crippen LogP contribution in [0.2, 0.25) is 0 Å². The fourth-order valence-electron chi connectivity index (χ4n) is 4.13. The van der Waals surface area contributed by atoms with Crippen molar-refractivity contribution in [2.24, 2.45) is 0 Å². The standard InChI is InChI=1S/C22H28N4O/c27-21(25-19-8-4-5-9-19)17-12-10-16(11-13-17)18-14-23-22(24-15-18)26-20-6-2-1-3-7-20/h10-15,19-20H,1-9H2,(H,25,27)(H,23,24,26). The van der Waals surface area contributed by atoms with Gasteiger partial charge in [0.1, 0.15) is 0 Å². The first-order valence-corrected chi connectivity index (χ1v) is 10.3. The van der Waals surface area contributed by atoms with Gasteiger partial charge in [0.15, 0.2) is 0 Å². The van der Waals surface area contributed by atoms with Crippen LogP contribution in [0.5, 0.6) is 0 Å². The molecule has 2 N–H and O–H groups in total. The summed E-state index contributed by atoms with van der Waals surface area (Å²) in [6.45, 7) is 0. The maximum absolute atomic E-state index is 12.3. The summed E-state index contributed by atoms with van der Waals surface area (Å²) in [6, 6.07) is 8.55. The Morgan fingerprint density at radius 2 is 1.37 bits per heavy atom. The zero-order chi connectivity index (χ0) is 18.5. The van der Waals surface area contributed by atoms with Gasteiger partial charge in [-0.05, 0) is 43.4 Å². The minimum absolute atomic E-state index is 0.0247. The Bertz CT molecular complexity index is 745. The van der Waals surface area contributed by atoms with Gasteiger partial charge in [-0.2, -0.15) is 0 Å². The van der Waals surface area contributed by atoms with E-state index in [0.717, 1.165) is 24.0 Å². The van der Waals surface area contributed by atoms with Crippen LogP contribution in [-0.4, -0.2) is 28.0 Å². The first-order valence-electron chi connectivity index (χ1n) is 10.3. The van der Waals surface area contributed by atoms with Gasteiger partial charge in [0.05, 0.1) is 0 Å². The minimum atomic E-state index is 0.0247. The Kier molecular flexibility index (Phi) is 5.66. The first kappa shape index (κ1) is 18.0. The first-order chi connectivity index (χ1) is 13.3. The molecule has 0 radical (unpaired) electrons. The maximum Gasteiger partial charge on any atom is 0.251 e. The summed E-state index contributed by atoms with van der Waals surface area (Å²) in [6.07, 6.45) is 14.7. The van der Waals surface area contributed by atoms with Crippen LogP contribution in [-0.2, 0) is 0 Å². The zero-order valence-electron chi connectivity index (χ0n) is 15.8. The van der Waals surface area contributed by atoms with E-state index < -0.39 is 0 Å². The molecule has 0 saturated heterocycles. The van der Waals surface area contributed by atoms with Gasteiger partial charge in [0.25, 0.3) is 5.91 Å². The smallest absolute Gasteiger partial charge is 0.251 e. The number of aromatic nitrogens is 2. The summed E-state index contributed by atoms with van der Waals surface area (Å²) in [7, 11) is 0. The Labute approximate surface area is 161 Å². The van der Waals surface area contributed by atoms with Crippen molar-refractivity contribution >= 4 is 11.9 Å². The molecule has 1 aromatic heterocycles. The van der Waals surface area contributed by atoms with Crippen molar-refractivity contribution in [2.45, 2.75) is 69.9 Å².